The fraction of sp³-hybridized carbons (Fsp3) is 0.417. The Morgan fingerprint density at radius 3 is 2.12 bits per heavy atom. The van der Waals surface area contributed by atoms with Crippen LogP contribution in [-0.4, -0.2) is 62.2 Å². The molecule has 178 valence electrons. The van der Waals surface area contributed by atoms with Crippen molar-refractivity contribution in [2.45, 2.75) is 50.1 Å². The lowest BCUT2D eigenvalue weighted by Gasteiger charge is -2.38. The summed E-state index contributed by atoms with van der Waals surface area (Å²) in [6.07, 6.45) is 3.15. The standard InChI is InChI=1S/C24H31N3O5S/c1-17-6-5-7-18(2)27(17)23(28)16-32-21-12-8-19(9-13-21)24(29)25-20-10-14-22(15-11-20)33(30,31)26(3)4/h8-15,17-18H,5-7,16H2,1-4H3,(H,25,29). The van der Waals surface area contributed by atoms with Gasteiger partial charge < -0.3 is 15.0 Å². The number of nitrogens with one attached hydrogen (secondary N) is 1. The summed E-state index contributed by atoms with van der Waals surface area (Å²) in [6, 6.07) is 12.9. The van der Waals surface area contributed by atoms with E-state index in [0.717, 1.165) is 23.6 Å². The zero-order valence-electron chi connectivity index (χ0n) is 19.4. The third-order valence-electron chi connectivity index (χ3n) is 5.85. The maximum atomic E-state index is 12.6. The van der Waals surface area contributed by atoms with E-state index in [1.54, 1.807) is 36.4 Å². The third-order valence-corrected chi connectivity index (χ3v) is 7.68. The normalized spacial score (nSPS) is 18.8. The fourth-order valence-electron chi connectivity index (χ4n) is 3.96. The second kappa shape index (κ2) is 10.4. The summed E-state index contributed by atoms with van der Waals surface area (Å²) in [5, 5.41) is 2.74. The number of sulfonamides is 1. The van der Waals surface area contributed by atoms with Crippen LogP contribution in [0, 0.1) is 0 Å². The van der Waals surface area contributed by atoms with Gasteiger partial charge in [-0.3, -0.25) is 9.59 Å². The van der Waals surface area contributed by atoms with Gasteiger partial charge in [-0.05, 0) is 81.6 Å². The van der Waals surface area contributed by atoms with Gasteiger partial charge >= 0.3 is 0 Å². The van der Waals surface area contributed by atoms with Gasteiger partial charge in [-0.15, -0.1) is 0 Å². The molecular formula is C24H31N3O5S. The Bertz CT molecular complexity index is 1070. The molecule has 1 aliphatic rings. The molecule has 2 aromatic rings. The zero-order chi connectivity index (χ0) is 24.2. The summed E-state index contributed by atoms with van der Waals surface area (Å²) in [5.41, 5.74) is 0.894. The summed E-state index contributed by atoms with van der Waals surface area (Å²) in [5.74, 6) is 0.142. The van der Waals surface area contributed by atoms with Crippen LogP contribution in [0.5, 0.6) is 5.75 Å². The number of anilines is 1. The average Bonchev–Trinajstić information content (AvgIpc) is 2.78. The van der Waals surface area contributed by atoms with Crippen molar-refractivity contribution in [3.8, 4) is 5.75 Å². The van der Waals surface area contributed by atoms with E-state index < -0.39 is 10.0 Å². The second-order valence-electron chi connectivity index (χ2n) is 8.51. The van der Waals surface area contributed by atoms with Gasteiger partial charge in [-0.1, -0.05) is 0 Å². The first-order chi connectivity index (χ1) is 15.6. The number of benzene rings is 2. The van der Waals surface area contributed by atoms with Crippen molar-refractivity contribution in [3.63, 3.8) is 0 Å². The highest BCUT2D eigenvalue weighted by Gasteiger charge is 2.29. The van der Waals surface area contributed by atoms with E-state index in [9.17, 15) is 18.0 Å². The molecule has 1 N–H and O–H groups in total. The van der Waals surface area contributed by atoms with Gasteiger partial charge in [-0.25, -0.2) is 12.7 Å². The fourth-order valence-corrected chi connectivity index (χ4v) is 4.86. The predicted molar refractivity (Wildman–Crippen MR) is 127 cm³/mol. The highest BCUT2D eigenvalue weighted by molar-refractivity contribution is 7.89. The highest BCUT2D eigenvalue weighted by atomic mass is 32.2. The monoisotopic (exact) mass is 473 g/mol. The Morgan fingerprint density at radius 1 is 1.00 bits per heavy atom. The molecule has 0 aromatic heterocycles. The number of likely N-dealkylation sites (tertiary alicyclic amines) is 1. The number of carbonyl (C=O) groups excluding carboxylic acids is 2. The number of rotatable bonds is 7. The molecule has 1 aliphatic heterocycles. The smallest absolute Gasteiger partial charge is 0.260 e. The molecule has 0 radical (unpaired) electrons. The van der Waals surface area contributed by atoms with Crippen LogP contribution in [0.15, 0.2) is 53.4 Å². The maximum absolute atomic E-state index is 12.6. The summed E-state index contributed by atoms with van der Waals surface area (Å²) >= 11 is 0. The van der Waals surface area contributed by atoms with E-state index in [0.29, 0.717) is 17.0 Å². The van der Waals surface area contributed by atoms with E-state index in [4.69, 9.17) is 4.74 Å². The number of nitrogens with zero attached hydrogens (tertiary/aromatic N) is 2. The molecule has 0 bridgehead atoms. The lowest BCUT2D eigenvalue weighted by atomic mass is 9.97. The molecule has 0 aliphatic carbocycles. The van der Waals surface area contributed by atoms with Crippen molar-refractivity contribution >= 4 is 27.5 Å². The number of piperidine rings is 1. The van der Waals surface area contributed by atoms with Crippen molar-refractivity contribution in [1.29, 1.82) is 0 Å². The Labute approximate surface area is 195 Å². The van der Waals surface area contributed by atoms with E-state index in [1.165, 1.54) is 26.2 Å². The summed E-state index contributed by atoms with van der Waals surface area (Å²) in [6.45, 7) is 4.09. The molecule has 1 saturated heterocycles. The zero-order valence-corrected chi connectivity index (χ0v) is 20.3. The topological polar surface area (TPSA) is 96.0 Å². The molecule has 9 heteroatoms. The first kappa shape index (κ1) is 24.7. The molecular weight excluding hydrogens is 442 g/mol. The van der Waals surface area contributed by atoms with Crippen LogP contribution in [0.3, 0.4) is 0 Å². The molecule has 2 unspecified atom stereocenters. The number of carbonyl (C=O) groups is 2. The minimum atomic E-state index is -3.52. The quantitative estimate of drug-likeness (QED) is 0.665. The molecule has 1 fully saturated rings. The predicted octanol–water partition coefficient (Wildman–Crippen LogP) is 3.36. The van der Waals surface area contributed by atoms with Crippen LogP contribution in [0.25, 0.3) is 0 Å². The van der Waals surface area contributed by atoms with Crippen LogP contribution in [-0.2, 0) is 14.8 Å². The number of ether oxygens (including phenoxy) is 1. The van der Waals surface area contributed by atoms with Crippen molar-refractivity contribution in [2.24, 2.45) is 0 Å². The van der Waals surface area contributed by atoms with Crippen LogP contribution >= 0.6 is 0 Å². The number of amides is 2. The molecule has 0 saturated carbocycles. The highest BCUT2D eigenvalue weighted by Crippen LogP contribution is 2.23. The van der Waals surface area contributed by atoms with E-state index in [1.807, 2.05) is 4.90 Å². The molecule has 2 atom stereocenters. The van der Waals surface area contributed by atoms with Gasteiger partial charge in [-0.2, -0.15) is 0 Å². The van der Waals surface area contributed by atoms with Crippen LogP contribution in [0.1, 0.15) is 43.5 Å². The van der Waals surface area contributed by atoms with Gasteiger partial charge in [0.2, 0.25) is 10.0 Å². The summed E-state index contributed by atoms with van der Waals surface area (Å²) in [4.78, 5) is 27.2. The van der Waals surface area contributed by atoms with Gasteiger partial charge in [0.1, 0.15) is 5.75 Å². The maximum Gasteiger partial charge on any atom is 0.260 e. The Hall–Kier alpha value is -2.91. The van der Waals surface area contributed by atoms with E-state index in [-0.39, 0.29) is 35.4 Å². The number of hydrogen-bond acceptors (Lipinski definition) is 5. The minimum absolute atomic E-state index is 0.0313. The molecule has 8 nitrogen and oxygen atoms in total. The molecule has 3 rings (SSSR count). The van der Waals surface area contributed by atoms with Crippen molar-refractivity contribution in [1.82, 2.24) is 9.21 Å². The van der Waals surface area contributed by atoms with Gasteiger partial charge in [0.25, 0.3) is 11.8 Å². The van der Waals surface area contributed by atoms with Crippen molar-refractivity contribution < 1.29 is 22.7 Å². The second-order valence-corrected chi connectivity index (χ2v) is 10.7. The minimum Gasteiger partial charge on any atom is -0.484 e. The van der Waals surface area contributed by atoms with Gasteiger partial charge in [0.05, 0.1) is 4.90 Å². The number of hydrogen-bond donors (Lipinski definition) is 1. The lowest BCUT2D eigenvalue weighted by molar-refractivity contribution is -0.139. The molecule has 2 amide bonds. The van der Waals surface area contributed by atoms with Gasteiger partial charge in [0, 0.05) is 37.4 Å². The van der Waals surface area contributed by atoms with Crippen molar-refractivity contribution in [2.75, 3.05) is 26.0 Å². The molecule has 2 aromatic carbocycles. The molecule has 0 spiro atoms. The van der Waals surface area contributed by atoms with E-state index in [2.05, 4.69) is 19.2 Å². The Balaban J connectivity index is 1.56. The van der Waals surface area contributed by atoms with Crippen LogP contribution in [0.4, 0.5) is 5.69 Å². The van der Waals surface area contributed by atoms with Crippen LogP contribution in [0.2, 0.25) is 0 Å². The molecule has 1 heterocycles. The average molecular weight is 474 g/mol. The first-order valence-corrected chi connectivity index (χ1v) is 12.4. The lowest BCUT2D eigenvalue weighted by Crippen LogP contribution is -2.49. The van der Waals surface area contributed by atoms with E-state index >= 15 is 0 Å². The Kier molecular flexibility index (Phi) is 7.76. The summed E-state index contributed by atoms with van der Waals surface area (Å²) in [7, 11) is -0.602. The Morgan fingerprint density at radius 2 is 1.58 bits per heavy atom. The third kappa shape index (κ3) is 5.91. The first-order valence-electron chi connectivity index (χ1n) is 11.0. The largest absolute Gasteiger partial charge is 0.484 e. The van der Waals surface area contributed by atoms with Gasteiger partial charge in [0.15, 0.2) is 6.61 Å². The van der Waals surface area contributed by atoms with Crippen molar-refractivity contribution in [3.05, 3.63) is 54.1 Å². The van der Waals surface area contributed by atoms with Crippen LogP contribution < -0.4 is 10.1 Å². The SMILES string of the molecule is CC1CCCC(C)N1C(=O)COc1ccc(C(=O)Nc2ccc(S(=O)(=O)N(C)C)cc2)cc1. The summed E-state index contributed by atoms with van der Waals surface area (Å²) < 4.78 is 31.1. The molecule has 33 heavy (non-hydrogen) atoms.